The summed E-state index contributed by atoms with van der Waals surface area (Å²) >= 11 is 5.36. The minimum absolute atomic E-state index is 0.597. The molecule has 1 N–H and O–H groups in total. The van der Waals surface area contributed by atoms with E-state index < -0.39 is 0 Å². The van der Waals surface area contributed by atoms with Crippen molar-refractivity contribution in [2.24, 2.45) is 5.92 Å². The average Bonchev–Trinajstić information content (AvgIpc) is 2.53. The number of hydrogen-bond donors (Lipinski definition) is 1. The van der Waals surface area contributed by atoms with Crippen LogP contribution in [0, 0.1) is 5.92 Å². The normalized spacial score (nSPS) is 32.7. The number of rotatable bonds is 1. The van der Waals surface area contributed by atoms with Gasteiger partial charge in [-0.3, -0.25) is 0 Å². The molecule has 0 spiro atoms. The summed E-state index contributed by atoms with van der Waals surface area (Å²) < 4.78 is 0. The van der Waals surface area contributed by atoms with Crippen molar-refractivity contribution in [1.82, 2.24) is 5.32 Å². The first-order chi connectivity index (χ1) is 5.88. The summed E-state index contributed by atoms with van der Waals surface area (Å²) in [5.41, 5.74) is 0. The van der Waals surface area contributed by atoms with Crippen LogP contribution >= 0.6 is 12.2 Å². The molecule has 1 saturated heterocycles. The third-order valence-corrected chi connectivity index (χ3v) is 3.66. The molecule has 0 bridgehead atoms. The zero-order chi connectivity index (χ0) is 8.39. The molecule has 1 saturated carbocycles. The molecule has 0 amide bonds. The summed E-state index contributed by atoms with van der Waals surface area (Å²) in [6, 6.07) is 0.597. The van der Waals surface area contributed by atoms with Crippen LogP contribution in [0.5, 0.6) is 0 Å². The lowest BCUT2D eigenvalue weighted by Crippen LogP contribution is -2.35. The van der Waals surface area contributed by atoms with Gasteiger partial charge in [-0.1, -0.05) is 31.5 Å². The summed E-state index contributed by atoms with van der Waals surface area (Å²) in [7, 11) is 0. The Bertz CT molecular complexity index is 173. The first-order valence-corrected chi connectivity index (χ1v) is 5.55. The molecule has 0 aromatic carbocycles. The van der Waals surface area contributed by atoms with E-state index >= 15 is 0 Å². The topological polar surface area (TPSA) is 12.0 Å². The summed E-state index contributed by atoms with van der Waals surface area (Å²) in [5, 5.41) is 3.53. The van der Waals surface area contributed by atoms with Crippen LogP contribution in [0.1, 0.15) is 38.5 Å². The van der Waals surface area contributed by atoms with Crippen molar-refractivity contribution in [1.29, 1.82) is 0 Å². The highest BCUT2D eigenvalue weighted by Gasteiger charge is 2.29. The Morgan fingerprint density at radius 2 is 1.92 bits per heavy atom. The monoisotopic (exact) mass is 183 g/mol. The van der Waals surface area contributed by atoms with E-state index in [1.165, 1.54) is 37.0 Å². The summed E-state index contributed by atoms with van der Waals surface area (Å²) in [4.78, 5) is 1.29. The molecule has 0 radical (unpaired) electrons. The van der Waals surface area contributed by atoms with Gasteiger partial charge in [0.25, 0.3) is 0 Å². The minimum atomic E-state index is 0.597. The van der Waals surface area contributed by atoms with E-state index in [0.29, 0.717) is 6.04 Å². The molecule has 2 fully saturated rings. The molecule has 1 unspecified atom stereocenters. The van der Waals surface area contributed by atoms with Crippen LogP contribution in [0.3, 0.4) is 0 Å². The molecular weight excluding hydrogens is 166 g/mol. The first-order valence-electron chi connectivity index (χ1n) is 5.14. The highest BCUT2D eigenvalue weighted by atomic mass is 32.1. The van der Waals surface area contributed by atoms with Crippen LogP contribution < -0.4 is 5.32 Å². The standard InChI is InChI=1S/C10H17NS/c12-9-6-7-11-10(9)8-4-2-1-3-5-8/h8,10-11H,1-7H2. The van der Waals surface area contributed by atoms with Gasteiger partial charge in [-0.25, -0.2) is 0 Å². The van der Waals surface area contributed by atoms with Gasteiger partial charge in [0.05, 0.1) is 0 Å². The zero-order valence-electron chi connectivity index (χ0n) is 7.51. The number of thiocarbonyl (C=S) groups is 1. The molecule has 1 aliphatic carbocycles. The minimum Gasteiger partial charge on any atom is -0.309 e. The summed E-state index contributed by atoms with van der Waals surface area (Å²) in [5.74, 6) is 0.869. The van der Waals surface area contributed by atoms with E-state index in [1.807, 2.05) is 0 Å². The van der Waals surface area contributed by atoms with E-state index in [9.17, 15) is 0 Å². The van der Waals surface area contributed by atoms with Gasteiger partial charge in [-0.2, -0.15) is 0 Å². The van der Waals surface area contributed by atoms with Gasteiger partial charge in [0.15, 0.2) is 0 Å². The van der Waals surface area contributed by atoms with Crippen molar-refractivity contribution in [3.63, 3.8) is 0 Å². The second-order valence-electron chi connectivity index (χ2n) is 4.05. The molecule has 68 valence electrons. The van der Waals surface area contributed by atoms with Gasteiger partial charge < -0.3 is 5.32 Å². The van der Waals surface area contributed by atoms with Crippen LogP contribution in [0.15, 0.2) is 0 Å². The average molecular weight is 183 g/mol. The van der Waals surface area contributed by atoms with Crippen molar-refractivity contribution in [3.8, 4) is 0 Å². The largest absolute Gasteiger partial charge is 0.309 e. The van der Waals surface area contributed by atoms with Crippen LogP contribution in [-0.4, -0.2) is 17.5 Å². The fourth-order valence-corrected chi connectivity index (χ4v) is 2.90. The van der Waals surface area contributed by atoms with E-state index in [2.05, 4.69) is 5.32 Å². The van der Waals surface area contributed by atoms with E-state index in [4.69, 9.17) is 12.2 Å². The third-order valence-electron chi connectivity index (χ3n) is 3.20. The molecule has 0 aromatic heterocycles. The molecule has 1 atom stereocenters. The second kappa shape index (κ2) is 3.84. The van der Waals surface area contributed by atoms with Gasteiger partial charge in [-0.05, 0) is 25.2 Å². The van der Waals surface area contributed by atoms with E-state index in [-0.39, 0.29) is 0 Å². The third kappa shape index (κ3) is 1.69. The van der Waals surface area contributed by atoms with Gasteiger partial charge in [0.1, 0.15) is 0 Å². The van der Waals surface area contributed by atoms with Gasteiger partial charge >= 0.3 is 0 Å². The van der Waals surface area contributed by atoms with Gasteiger partial charge in [-0.15, -0.1) is 0 Å². The predicted octanol–water partition coefficient (Wildman–Crippen LogP) is 2.30. The summed E-state index contributed by atoms with van der Waals surface area (Å²) in [6.07, 6.45) is 8.22. The molecular formula is C10H17NS. The van der Waals surface area contributed by atoms with Crippen molar-refractivity contribution in [3.05, 3.63) is 0 Å². The van der Waals surface area contributed by atoms with Crippen molar-refractivity contribution < 1.29 is 0 Å². The van der Waals surface area contributed by atoms with Crippen LogP contribution in [-0.2, 0) is 0 Å². The predicted molar refractivity (Wildman–Crippen MR) is 55.6 cm³/mol. The molecule has 0 aromatic rings. The Labute approximate surface area is 79.9 Å². The maximum Gasteiger partial charge on any atom is 0.0413 e. The Hall–Kier alpha value is 0.0500. The quantitative estimate of drug-likeness (QED) is 0.626. The van der Waals surface area contributed by atoms with Crippen molar-refractivity contribution >= 4 is 17.1 Å². The highest BCUT2D eigenvalue weighted by molar-refractivity contribution is 7.80. The van der Waals surface area contributed by atoms with Gasteiger partial charge in [0, 0.05) is 17.5 Å². The highest BCUT2D eigenvalue weighted by Crippen LogP contribution is 2.29. The van der Waals surface area contributed by atoms with E-state index in [0.717, 1.165) is 18.9 Å². The molecule has 2 aliphatic rings. The summed E-state index contributed by atoms with van der Waals surface area (Å²) in [6.45, 7) is 1.12. The lowest BCUT2D eigenvalue weighted by atomic mass is 9.83. The zero-order valence-corrected chi connectivity index (χ0v) is 8.33. The molecule has 1 aliphatic heterocycles. The van der Waals surface area contributed by atoms with Crippen LogP contribution in [0.2, 0.25) is 0 Å². The number of nitrogens with one attached hydrogen (secondary N) is 1. The van der Waals surface area contributed by atoms with Crippen molar-refractivity contribution in [2.45, 2.75) is 44.6 Å². The Kier molecular flexibility index (Phi) is 2.76. The van der Waals surface area contributed by atoms with E-state index in [1.54, 1.807) is 0 Å². The van der Waals surface area contributed by atoms with Crippen LogP contribution in [0.25, 0.3) is 0 Å². The lowest BCUT2D eigenvalue weighted by Gasteiger charge is -2.27. The fourth-order valence-electron chi connectivity index (χ4n) is 2.52. The Balaban J connectivity index is 1.93. The maximum atomic E-state index is 5.36. The molecule has 1 heterocycles. The molecule has 12 heavy (non-hydrogen) atoms. The Morgan fingerprint density at radius 3 is 2.50 bits per heavy atom. The SMILES string of the molecule is S=C1CCNC1C1CCCCC1. The lowest BCUT2D eigenvalue weighted by molar-refractivity contribution is 0.324. The molecule has 1 nitrogen and oxygen atoms in total. The maximum absolute atomic E-state index is 5.36. The first kappa shape index (κ1) is 8.64. The smallest absolute Gasteiger partial charge is 0.0413 e. The number of hydrogen-bond acceptors (Lipinski definition) is 2. The van der Waals surface area contributed by atoms with Crippen LogP contribution in [0.4, 0.5) is 0 Å². The second-order valence-corrected chi connectivity index (χ2v) is 4.57. The Morgan fingerprint density at radius 1 is 1.17 bits per heavy atom. The van der Waals surface area contributed by atoms with Crippen molar-refractivity contribution in [2.75, 3.05) is 6.54 Å². The fraction of sp³-hybridized carbons (Fsp3) is 0.900. The molecule has 2 heteroatoms. The van der Waals surface area contributed by atoms with Gasteiger partial charge in [0.2, 0.25) is 0 Å². The molecule has 2 rings (SSSR count).